The molecule has 1 saturated heterocycles. The zero-order valence-electron chi connectivity index (χ0n) is 14.9. The molecule has 1 aromatic carbocycles. The van der Waals surface area contributed by atoms with E-state index in [-0.39, 0.29) is 41.9 Å². The summed E-state index contributed by atoms with van der Waals surface area (Å²) in [6, 6.07) is 2.29. The third-order valence-electron chi connectivity index (χ3n) is 5.38. The molecule has 12 heteroatoms. The fraction of sp³-hybridized carbons (Fsp3) is 0.438. The lowest BCUT2D eigenvalue weighted by Crippen LogP contribution is -2.63. The van der Waals surface area contributed by atoms with Crippen molar-refractivity contribution in [3.05, 3.63) is 23.3 Å². The van der Waals surface area contributed by atoms with Gasteiger partial charge in [-0.15, -0.1) is 12.4 Å². The number of ether oxygens (including phenoxy) is 1. The van der Waals surface area contributed by atoms with E-state index in [0.717, 1.165) is 4.90 Å². The van der Waals surface area contributed by atoms with Crippen LogP contribution in [0.5, 0.6) is 11.5 Å². The first kappa shape index (κ1) is 20.2. The molecule has 0 bridgehead atoms. The number of benzene rings is 1. The van der Waals surface area contributed by atoms with Crippen LogP contribution in [0.4, 0.5) is 4.79 Å². The number of imide groups is 1. The summed E-state index contributed by atoms with van der Waals surface area (Å²) in [6.07, 6.45) is 0.742. The number of hydrogen-bond donors (Lipinski definition) is 4. The smallest absolute Gasteiger partial charge is 0.534 e. The first-order valence-corrected chi connectivity index (χ1v) is 8.46. The number of amides is 3. The molecule has 2 aliphatic heterocycles. The molecule has 1 saturated carbocycles. The Hall–Kier alpha value is -2.50. The first-order valence-electron chi connectivity index (χ1n) is 8.46. The van der Waals surface area contributed by atoms with Crippen molar-refractivity contribution in [2.45, 2.75) is 36.8 Å². The van der Waals surface area contributed by atoms with E-state index in [0.29, 0.717) is 18.4 Å². The summed E-state index contributed by atoms with van der Waals surface area (Å²) >= 11 is 0. The Balaban J connectivity index is 0.00000225. The van der Waals surface area contributed by atoms with Crippen molar-refractivity contribution in [1.29, 1.82) is 0 Å². The van der Waals surface area contributed by atoms with Crippen molar-refractivity contribution in [1.82, 2.24) is 10.2 Å². The molecular formula is C16H19BClN3O7. The van der Waals surface area contributed by atoms with Crippen LogP contribution in [0.2, 0.25) is 0 Å². The third-order valence-corrected chi connectivity index (χ3v) is 5.38. The number of methoxy groups -OCH3 is 1. The van der Waals surface area contributed by atoms with Gasteiger partial charge in [-0.1, -0.05) is 6.07 Å². The van der Waals surface area contributed by atoms with Gasteiger partial charge in [-0.05, 0) is 30.9 Å². The molecule has 5 N–H and O–H groups in total. The maximum absolute atomic E-state index is 12.8. The quantitative estimate of drug-likeness (QED) is 0.385. The second-order valence-corrected chi connectivity index (χ2v) is 7.07. The highest BCUT2D eigenvalue weighted by atomic mass is 35.5. The number of halogens is 1. The van der Waals surface area contributed by atoms with E-state index in [2.05, 4.69) is 5.32 Å². The van der Waals surface area contributed by atoms with Gasteiger partial charge in [0.1, 0.15) is 22.6 Å². The molecule has 1 aromatic rings. The minimum Gasteiger partial charge on any atom is -0.534 e. The minimum atomic E-state index is -1.57. The van der Waals surface area contributed by atoms with Gasteiger partial charge in [0, 0.05) is 6.04 Å². The van der Waals surface area contributed by atoms with E-state index >= 15 is 0 Å². The van der Waals surface area contributed by atoms with E-state index in [1.807, 2.05) is 0 Å². The molecule has 1 atom stereocenters. The maximum atomic E-state index is 12.8. The number of carbonyl (C=O) groups excluding carboxylic acids is 2. The van der Waals surface area contributed by atoms with Gasteiger partial charge >= 0.3 is 19.1 Å². The molecule has 0 unspecified atom stereocenters. The molecule has 3 aliphatic rings. The van der Waals surface area contributed by atoms with Crippen molar-refractivity contribution in [3.8, 4) is 11.5 Å². The number of nitrogens with one attached hydrogen (secondary N) is 1. The molecule has 2 fully saturated rings. The molecule has 150 valence electrons. The highest BCUT2D eigenvalue weighted by molar-refractivity contribution is 6.47. The number of fused-ring (bicyclic) bond motifs is 1. The average molecular weight is 412 g/mol. The molecule has 1 aliphatic carbocycles. The Morgan fingerprint density at radius 3 is 2.68 bits per heavy atom. The fourth-order valence-electron chi connectivity index (χ4n) is 4.07. The Kier molecular flexibility index (Phi) is 4.94. The number of aromatic carboxylic acids is 1. The molecular weight excluding hydrogens is 392 g/mol. The van der Waals surface area contributed by atoms with Gasteiger partial charge in [-0.3, -0.25) is 9.69 Å². The van der Waals surface area contributed by atoms with Crippen LogP contribution in [0.1, 0.15) is 28.8 Å². The van der Waals surface area contributed by atoms with Crippen molar-refractivity contribution in [2.24, 2.45) is 5.73 Å². The monoisotopic (exact) mass is 411 g/mol. The summed E-state index contributed by atoms with van der Waals surface area (Å²) in [7, 11) is -0.243. The first-order chi connectivity index (χ1) is 12.8. The number of carbonyl (C=O) groups is 3. The normalized spacial score (nSPS) is 28.1. The van der Waals surface area contributed by atoms with E-state index in [1.165, 1.54) is 13.2 Å². The number of rotatable bonds is 3. The summed E-state index contributed by atoms with van der Waals surface area (Å²) in [4.78, 5) is 37.8. The van der Waals surface area contributed by atoms with Crippen LogP contribution in [0.3, 0.4) is 0 Å². The number of hydrogen-bond acceptors (Lipinski definition) is 7. The summed E-state index contributed by atoms with van der Waals surface area (Å²) in [5, 5.41) is 22.6. The molecule has 2 heterocycles. The Bertz CT molecular complexity index is 861. The van der Waals surface area contributed by atoms with Crippen molar-refractivity contribution in [3.63, 3.8) is 0 Å². The molecule has 3 amide bonds. The number of carboxylic acid groups (broad SMARTS) is 1. The maximum Gasteiger partial charge on any atom is 0.547 e. The highest BCUT2D eigenvalue weighted by Gasteiger charge is 2.61. The fourth-order valence-corrected chi connectivity index (χ4v) is 4.07. The lowest BCUT2D eigenvalue weighted by atomic mass is 9.69. The topological polar surface area (TPSA) is 151 Å². The third kappa shape index (κ3) is 2.77. The summed E-state index contributed by atoms with van der Waals surface area (Å²) in [6.45, 7) is 0. The van der Waals surface area contributed by atoms with Gasteiger partial charge in [0.05, 0.1) is 13.1 Å². The number of nitrogens with zero attached hydrogens (tertiary/aromatic N) is 1. The zero-order valence-corrected chi connectivity index (χ0v) is 15.7. The van der Waals surface area contributed by atoms with Gasteiger partial charge in [-0.25, -0.2) is 9.59 Å². The summed E-state index contributed by atoms with van der Waals surface area (Å²) in [5.74, 6) is -2.64. The van der Waals surface area contributed by atoms with Gasteiger partial charge in [0.25, 0.3) is 5.91 Å². The number of nitrogens with two attached hydrogens (primary N) is 1. The predicted octanol–water partition coefficient (Wildman–Crippen LogP) is -0.450. The van der Waals surface area contributed by atoms with Crippen LogP contribution in [-0.2, 0) is 11.2 Å². The van der Waals surface area contributed by atoms with Crippen LogP contribution in [0.15, 0.2) is 12.1 Å². The van der Waals surface area contributed by atoms with E-state index in [4.69, 9.17) is 15.1 Å². The molecule has 10 nitrogen and oxygen atoms in total. The van der Waals surface area contributed by atoms with Crippen molar-refractivity contribution >= 4 is 37.4 Å². The van der Waals surface area contributed by atoms with E-state index in [1.54, 1.807) is 6.07 Å². The molecule has 1 spiro atoms. The Labute approximate surface area is 166 Å². The second-order valence-electron chi connectivity index (χ2n) is 7.07. The van der Waals surface area contributed by atoms with Crippen molar-refractivity contribution in [2.75, 3.05) is 7.11 Å². The molecule has 0 aromatic heterocycles. The van der Waals surface area contributed by atoms with Crippen LogP contribution in [0.25, 0.3) is 0 Å². The van der Waals surface area contributed by atoms with Gasteiger partial charge in [0.2, 0.25) is 0 Å². The average Bonchev–Trinajstić information content (AvgIpc) is 2.83. The van der Waals surface area contributed by atoms with E-state index < -0.39 is 36.5 Å². The van der Waals surface area contributed by atoms with Crippen LogP contribution < -0.4 is 20.4 Å². The largest absolute Gasteiger partial charge is 0.547 e. The highest BCUT2D eigenvalue weighted by Crippen LogP contribution is 2.41. The van der Waals surface area contributed by atoms with E-state index in [9.17, 15) is 24.5 Å². The lowest BCUT2D eigenvalue weighted by Gasteiger charge is -2.41. The Morgan fingerprint density at radius 2 is 2.11 bits per heavy atom. The Morgan fingerprint density at radius 1 is 1.43 bits per heavy atom. The summed E-state index contributed by atoms with van der Waals surface area (Å²) in [5.41, 5.74) is 4.99. The molecule has 28 heavy (non-hydrogen) atoms. The minimum absolute atomic E-state index is 0. The van der Waals surface area contributed by atoms with Crippen LogP contribution >= 0.6 is 12.4 Å². The standard InChI is InChI=1S/C16H18BN3O7.ClH/c1-26-9-3-2-7-4-10(17(25)27-12(7)11(9)13(21)22)20-14(23)16(19-15(20)24)5-8(18)6-16;/h2-3,8,10,25H,4-6,18H2,1H3,(H,19,24)(H,21,22);1H/t8?,10-,16?;/m0./s1. The van der Waals surface area contributed by atoms with Gasteiger partial charge in [0.15, 0.2) is 0 Å². The SMILES string of the molecule is COc1ccc2c(c1C(=O)O)OB(O)[C@@H](N1C(=O)NC3(CC(N)C3)C1=O)C2.Cl. The number of urea groups is 1. The lowest BCUT2D eigenvalue weighted by molar-refractivity contribution is -0.135. The van der Waals surface area contributed by atoms with Crippen LogP contribution in [0, 0.1) is 0 Å². The summed E-state index contributed by atoms with van der Waals surface area (Å²) < 4.78 is 10.5. The van der Waals surface area contributed by atoms with Crippen LogP contribution in [-0.4, -0.2) is 64.7 Å². The predicted molar refractivity (Wildman–Crippen MR) is 98.6 cm³/mol. The molecule has 0 radical (unpaired) electrons. The second kappa shape index (κ2) is 6.84. The number of carboxylic acids is 1. The van der Waals surface area contributed by atoms with Gasteiger partial charge < -0.3 is 30.6 Å². The van der Waals surface area contributed by atoms with Crippen molar-refractivity contribution < 1.29 is 33.9 Å². The van der Waals surface area contributed by atoms with Gasteiger partial charge in [-0.2, -0.15) is 0 Å². The zero-order chi connectivity index (χ0) is 19.5. The molecule has 4 rings (SSSR count).